The molecule has 0 atom stereocenters. The van der Waals surface area contributed by atoms with Crippen LogP contribution in [0.3, 0.4) is 0 Å². The van der Waals surface area contributed by atoms with E-state index in [-0.39, 0.29) is 5.41 Å². The molecule has 3 heteroatoms. The standard InChI is InChI=1S/C14H24N2O/c1-13(2,12-3-7-17-8-4-12)10-16-11-14(9-15)5-6-14/h12,16H,3-8,10-11H2,1-2H3. The predicted molar refractivity (Wildman–Crippen MR) is 67.5 cm³/mol. The smallest absolute Gasteiger partial charge is 0.0703 e. The average Bonchev–Trinajstić information content (AvgIpc) is 3.11. The van der Waals surface area contributed by atoms with Gasteiger partial charge in [-0.3, -0.25) is 0 Å². The fraction of sp³-hybridized carbons (Fsp3) is 0.929. The van der Waals surface area contributed by atoms with Crippen molar-refractivity contribution in [2.45, 2.75) is 39.5 Å². The molecule has 0 amide bonds. The second-order valence-corrected chi connectivity index (χ2v) is 6.37. The monoisotopic (exact) mass is 236 g/mol. The van der Waals surface area contributed by atoms with E-state index < -0.39 is 0 Å². The maximum absolute atomic E-state index is 9.03. The molecular weight excluding hydrogens is 212 g/mol. The number of hydrogen-bond acceptors (Lipinski definition) is 3. The molecule has 0 bridgehead atoms. The zero-order valence-electron chi connectivity index (χ0n) is 11.1. The summed E-state index contributed by atoms with van der Waals surface area (Å²) in [4.78, 5) is 0. The minimum Gasteiger partial charge on any atom is -0.381 e. The molecule has 0 radical (unpaired) electrons. The Hall–Kier alpha value is -0.590. The maximum atomic E-state index is 9.03. The van der Waals surface area contributed by atoms with Gasteiger partial charge in [-0.25, -0.2) is 0 Å². The third-order valence-electron chi connectivity index (χ3n) is 4.46. The van der Waals surface area contributed by atoms with E-state index in [1.165, 1.54) is 12.8 Å². The highest BCUT2D eigenvalue weighted by Gasteiger charge is 2.43. The normalized spacial score (nSPS) is 24.3. The second kappa shape index (κ2) is 4.96. The quantitative estimate of drug-likeness (QED) is 0.797. The summed E-state index contributed by atoms with van der Waals surface area (Å²) in [7, 11) is 0. The van der Waals surface area contributed by atoms with Gasteiger partial charge in [0.2, 0.25) is 0 Å². The zero-order valence-corrected chi connectivity index (χ0v) is 11.1. The molecule has 1 aliphatic carbocycles. The fourth-order valence-corrected chi connectivity index (χ4v) is 2.73. The molecule has 0 aromatic carbocycles. The Balaban J connectivity index is 1.74. The number of ether oxygens (including phenoxy) is 1. The van der Waals surface area contributed by atoms with Crippen LogP contribution in [0.2, 0.25) is 0 Å². The summed E-state index contributed by atoms with van der Waals surface area (Å²) >= 11 is 0. The first-order chi connectivity index (χ1) is 8.08. The lowest BCUT2D eigenvalue weighted by atomic mass is 9.74. The van der Waals surface area contributed by atoms with Gasteiger partial charge in [-0.05, 0) is 37.0 Å². The molecule has 1 saturated carbocycles. The molecule has 0 spiro atoms. The molecule has 1 N–H and O–H groups in total. The van der Waals surface area contributed by atoms with Gasteiger partial charge in [-0.1, -0.05) is 13.8 Å². The van der Waals surface area contributed by atoms with Crippen molar-refractivity contribution in [3.63, 3.8) is 0 Å². The number of nitrogens with zero attached hydrogens (tertiary/aromatic N) is 1. The summed E-state index contributed by atoms with van der Waals surface area (Å²) in [5, 5.41) is 12.5. The molecule has 2 rings (SSSR count). The molecule has 2 aliphatic rings. The summed E-state index contributed by atoms with van der Waals surface area (Å²) in [5.74, 6) is 0.751. The summed E-state index contributed by atoms with van der Waals surface area (Å²) in [5.41, 5.74) is 0.293. The number of nitriles is 1. The summed E-state index contributed by atoms with van der Waals surface area (Å²) in [6.45, 7) is 8.38. The van der Waals surface area contributed by atoms with E-state index in [1.54, 1.807) is 0 Å². The van der Waals surface area contributed by atoms with Crippen LogP contribution in [-0.4, -0.2) is 26.3 Å². The van der Waals surface area contributed by atoms with Crippen LogP contribution in [0.5, 0.6) is 0 Å². The third kappa shape index (κ3) is 3.20. The first-order valence-electron chi connectivity index (χ1n) is 6.78. The van der Waals surface area contributed by atoms with Gasteiger partial charge in [0.1, 0.15) is 0 Å². The lowest BCUT2D eigenvalue weighted by molar-refractivity contribution is 0.0226. The third-order valence-corrected chi connectivity index (χ3v) is 4.46. The van der Waals surface area contributed by atoms with Gasteiger partial charge >= 0.3 is 0 Å². The lowest BCUT2D eigenvalue weighted by Crippen LogP contribution is -2.40. The van der Waals surface area contributed by atoms with Gasteiger partial charge in [0, 0.05) is 26.3 Å². The van der Waals surface area contributed by atoms with Crippen molar-refractivity contribution in [1.82, 2.24) is 5.32 Å². The Morgan fingerprint density at radius 2 is 2.00 bits per heavy atom. The van der Waals surface area contributed by atoms with Gasteiger partial charge in [-0.15, -0.1) is 0 Å². The van der Waals surface area contributed by atoms with E-state index >= 15 is 0 Å². The minimum absolute atomic E-state index is 0.0221. The van der Waals surface area contributed by atoms with Crippen LogP contribution in [0.4, 0.5) is 0 Å². The van der Waals surface area contributed by atoms with E-state index in [4.69, 9.17) is 10.00 Å². The Labute approximate surface area is 105 Å². The van der Waals surface area contributed by atoms with Crippen LogP contribution >= 0.6 is 0 Å². The first kappa shape index (κ1) is 12.9. The highest BCUT2D eigenvalue weighted by Crippen LogP contribution is 2.44. The molecule has 1 aliphatic heterocycles. The predicted octanol–water partition coefficient (Wildman–Crippen LogP) is 2.33. The molecule has 0 aromatic rings. The van der Waals surface area contributed by atoms with Crippen LogP contribution in [0.1, 0.15) is 39.5 Å². The van der Waals surface area contributed by atoms with Crippen molar-refractivity contribution >= 4 is 0 Å². The Morgan fingerprint density at radius 1 is 1.35 bits per heavy atom. The largest absolute Gasteiger partial charge is 0.381 e. The van der Waals surface area contributed by atoms with E-state index in [0.29, 0.717) is 5.41 Å². The topological polar surface area (TPSA) is 45.0 Å². The van der Waals surface area contributed by atoms with Crippen LogP contribution in [0.25, 0.3) is 0 Å². The van der Waals surface area contributed by atoms with Gasteiger partial charge in [0.15, 0.2) is 0 Å². The molecule has 0 unspecified atom stereocenters. The lowest BCUT2D eigenvalue weighted by Gasteiger charge is -2.37. The van der Waals surface area contributed by atoms with Crippen LogP contribution < -0.4 is 5.32 Å². The van der Waals surface area contributed by atoms with Gasteiger partial charge in [-0.2, -0.15) is 5.26 Å². The molecule has 3 nitrogen and oxygen atoms in total. The van der Waals surface area contributed by atoms with E-state index in [2.05, 4.69) is 25.2 Å². The summed E-state index contributed by atoms with van der Waals surface area (Å²) < 4.78 is 5.42. The molecule has 1 saturated heterocycles. The number of nitrogens with one attached hydrogen (secondary N) is 1. The summed E-state index contributed by atoms with van der Waals surface area (Å²) in [6, 6.07) is 2.44. The molecule has 17 heavy (non-hydrogen) atoms. The Kier molecular flexibility index (Phi) is 3.75. The van der Waals surface area contributed by atoms with Gasteiger partial charge in [0.25, 0.3) is 0 Å². The van der Waals surface area contributed by atoms with Crippen LogP contribution in [0.15, 0.2) is 0 Å². The highest BCUT2D eigenvalue weighted by atomic mass is 16.5. The molecule has 1 heterocycles. The second-order valence-electron chi connectivity index (χ2n) is 6.37. The Bertz CT molecular complexity index is 296. The average molecular weight is 236 g/mol. The SMILES string of the molecule is CC(C)(CNCC1(C#N)CC1)C1CCOCC1. The van der Waals surface area contributed by atoms with Crippen LogP contribution in [-0.2, 0) is 4.74 Å². The fourth-order valence-electron chi connectivity index (χ4n) is 2.73. The highest BCUT2D eigenvalue weighted by molar-refractivity contribution is 5.11. The van der Waals surface area contributed by atoms with E-state index in [1.807, 2.05) is 0 Å². The van der Waals surface area contributed by atoms with E-state index in [0.717, 1.165) is 45.1 Å². The Morgan fingerprint density at radius 3 is 2.53 bits per heavy atom. The van der Waals surface area contributed by atoms with Crippen molar-refractivity contribution in [2.24, 2.45) is 16.7 Å². The minimum atomic E-state index is -0.0221. The maximum Gasteiger partial charge on any atom is 0.0703 e. The molecule has 2 fully saturated rings. The van der Waals surface area contributed by atoms with Crippen molar-refractivity contribution in [3.05, 3.63) is 0 Å². The first-order valence-corrected chi connectivity index (χ1v) is 6.78. The van der Waals surface area contributed by atoms with Crippen molar-refractivity contribution < 1.29 is 4.74 Å². The zero-order chi connectivity index (χ0) is 12.4. The van der Waals surface area contributed by atoms with Crippen molar-refractivity contribution in [1.29, 1.82) is 5.26 Å². The molecular formula is C14H24N2O. The number of rotatable bonds is 5. The van der Waals surface area contributed by atoms with Crippen molar-refractivity contribution in [3.8, 4) is 6.07 Å². The van der Waals surface area contributed by atoms with Crippen LogP contribution in [0, 0.1) is 28.1 Å². The van der Waals surface area contributed by atoms with Gasteiger partial charge in [0.05, 0.1) is 11.5 Å². The van der Waals surface area contributed by atoms with E-state index in [9.17, 15) is 0 Å². The summed E-state index contributed by atoms with van der Waals surface area (Å²) in [6.07, 6.45) is 4.51. The van der Waals surface area contributed by atoms with Crippen molar-refractivity contribution in [2.75, 3.05) is 26.3 Å². The number of hydrogen-bond donors (Lipinski definition) is 1. The molecule has 0 aromatic heterocycles. The molecule has 96 valence electrons. The van der Waals surface area contributed by atoms with Gasteiger partial charge < -0.3 is 10.1 Å².